The van der Waals surface area contributed by atoms with Crippen molar-refractivity contribution in [2.75, 3.05) is 18.5 Å². The Morgan fingerprint density at radius 2 is 1.71 bits per heavy atom. The first-order valence-electron chi connectivity index (χ1n) is 13.5. The first kappa shape index (κ1) is 27.5. The number of fused-ring (bicyclic) bond motifs is 2. The van der Waals surface area contributed by atoms with E-state index in [4.69, 9.17) is 13.1 Å². The molecule has 0 saturated heterocycles. The fourth-order valence-corrected chi connectivity index (χ4v) is 5.65. The SMILES string of the molecule is Cc1c(C(=O)N(C)c2ccc(OCc3ccccc3)cc2)cc(-c2cc3c4cc2C(=O)OSOC(=O)N(CC3)C4)n1C. The molecule has 2 aliphatic rings. The number of benzene rings is 3. The summed E-state index contributed by atoms with van der Waals surface area (Å²) in [5.74, 6) is -0.0888. The molecule has 0 fully saturated rings. The summed E-state index contributed by atoms with van der Waals surface area (Å²) in [4.78, 5) is 42.2. The number of rotatable bonds is 6. The lowest BCUT2D eigenvalue weighted by molar-refractivity contribution is 0.0749. The van der Waals surface area contributed by atoms with Gasteiger partial charge < -0.3 is 27.5 Å². The molecule has 1 aromatic heterocycles. The van der Waals surface area contributed by atoms with Gasteiger partial charge in [0.15, 0.2) is 0 Å². The van der Waals surface area contributed by atoms with Crippen LogP contribution in [0.2, 0.25) is 0 Å². The molecule has 42 heavy (non-hydrogen) atoms. The maximum atomic E-state index is 13.7. The van der Waals surface area contributed by atoms with Crippen LogP contribution in [0.25, 0.3) is 11.3 Å². The number of carbonyl (C=O) groups excluding carboxylic acids is 3. The van der Waals surface area contributed by atoms with Gasteiger partial charge in [0, 0.05) is 49.8 Å². The van der Waals surface area contributed by atoms with Crippen LogP contribution in [0.1, 0.15) is 43.1 Å². The predicted octanol–water partition coefficient (Wildman–Crippen LogP) is 6.08. The van der Waals surface area contributed by atoms with Gasteiger partial charge in [0.1, 0.15) is 12.4 Å². The summed E-state index contributed by atoms with van der Waals surface area (Å²) >= 11 is 0.366. The van der Waals surface area contributed by atoms with Crippen LogP contribution in [0, 0.1) is 6.92 Å². The Bertz CT molecular complexity index is 1680. The second-order valence-electron chi connectivity index (χ2n) is 10.3. The van der Waals surface area contributed by atoms with Crippen molar-refractivity contribution in [2.24, 2.45) is 7.05 Å². The van der Waals surface area contributed by atoms with Crippen molar-refractivity contribution in [1.29, 1.82) is 0 Å². The summed E-state index contributed by atoms with van der Waals surface area (Å²) in [5, 5.41) is 0. The van der Waals surface area contributed by atoms with E-state index in [1.165, 1.54) is 0 Å². The van der Waals surface area contributed by atoms with Crippen molar-refractivity contribution < 1.29 is 27.5 Å². The third-order valence-electron chi connectivity index (χ3n) is 7.86. The standard InChI is InChI=1S/C32H29N3O6S/c1-20-26(30(36)34(3)24-9-11-25(12-10-24)39-19-21-7-5-4-6-8-21)17-29(33(20)2)27-15-22-13-14-35-18-23(22)16-28(27)31(37)40-42-41-32(35)38/h4-12,15-17H,13-14,18-19H2,1-3H3. The van der Waals surface area contributed by atoms with E-state index >= 15 is 0 Å². The molecule has 0 unspecified atom stereocenters. The van der Waals surface area contributed by atoms with E-state index in [0.29, 0.717) is 66.6 Å². The smallest absolute Gasteiger partial charge is 0.424 e. The summed E-state index contributed by atoms with van der Waals surface area (Å²) in [7, 11) is 3.61. The molecule has 6 rings (SSSR count). The molecular weight excluding hydrogens is 554 g/mol. The van der Waals surface area contributed by atoms with Crippen molar-refractivity contribution >= 4 is 36.0 Å². The molecule has 0 aliphatic carbocycles. The van der Waals surface area contributed by atoms with Gasteiger partial charge in [-0.1, -0.05) is 30.3 Å². The van der Waals surface area contributed by atoms with Crippen molar-refractivity contribution in [2.45, 2.75) is 26.5 Å². The number of aromatic nitrogens is 1. The minimum atomic E-state index is -0.622. The summed E-state index contributed by atoms with van der Waals surface area (Å²) in [6, 6.07) is 22.9. The summed E-state index contributed by atoms with van der Waals surface area (Å²) in [5.41, 5.74) is 6.71. The lowest BCUT2D eigenvalue weighted by atomic mass is 9.92. The molecule has 9 nitrogen and oxygen atoms in total. The maximum absolute atomic E-state index is 13.7. The van der Waals surface area contributed by atoms with E-state index in [-0.39, 0.29) is 5.91 Å². The molecular formula is C32H29N3O6S. The van der Waals surface area contributed by atoms with Gasteiger partial charge in [-0.05, 0) is 72.5 Å². The zero-order valence-electron chi connectivity index (χ0n) is 23.5. The highest BCUT2D eigenvalue weighted by molar-refractivity contribution is 7.90. The highest BCUT2D eigenvalue weighted by Gasteiger charge is 2.30. The van der Waals surface area contributed by atoms with Crippen LogP contribution in [-0.2, 0) is 35.0 Å². The van der Waals surface area contributed by atoms with Crippen LogP contribution in [-0.4, -0.2) is 41.0 Å². The van der Waals surface area contributed by atoms with E-state index in [0.717, 1.165) is 28.1 Å². The quantitative estimate of drug-likeness (QED) is 0.254. The molecule has 10 heteroatoms. The Labute approximate surface area is 248 Å². The number of carbonyl (C=O) groups is 3. The first-order valence-corrected chi connectivity index (χ1v) is 14.2. The fraction of sp³-hybridized carbons (Fsp3) is 0.219. The van der Waals surface area contributed by atoms with Gasteiger partial charge in [0.05, 0.1) is 11.1 Å². The van der Waals surface area contributed by atoms with Gasteiger partial charge in [-0.15, -0.1) is 0 Å². The van der Waals surface area contributed by atoms with E-state index in [1.54, 1.807) is 22.9 Å². The molecule has 0 atom stereocenters. The first-order chi connectivity index (χ1) is 20.3. The van der Waals surface area contributed by atoms with Gasteiger partial charge in [-0.2, -0.15) is 0 Å². The van der Waals surface area contributed by atoms with Crippen LogP contribution in [0.5, 0.6) is 5.75 Å². The van der Waals surface area contributed by atoms with E-state index in [2.05, 4.69) is 0 Å². The molecule has 0 N–H and O–H groups in total. The summed E-state index contributed by atoms with van der Waals surface area (Å²) < 4.78 is 18.0. The number of ether oxygens (including phenoxy) is 1. The molecule has 4 aromatic rings. The number of nitrogens with zero attached hydrogens (tertiary/aromatic N) is 3. The Balaban J connectivity index is 1.27. The number of hydrogen-bond donors (Lipinski definition) is 0. The third-order valence-corrected chi connectivity index (χ3v) is 8.29. The van der Waals surface area contributed by atoms with E-state index in [9.17, 15) is 14.4 Å². The number of amides is 2. The van der Waals surface area contributed by atoms with Gasteiger partial charge >= 0.3 is 12.1 Å². The average molecular weight is 584 g/mol. The highest BCUT2D eigenvalue weighted by atomic mass is 32.2. The van der Waals surface area contributed by atoms with E-state index < -0.39 is 12.1 Å². The normalized spacial score (nSPS) is 14.3. The molecule has 3 heterocycles. The maximum Gasteiger partial charge on any atom is 0.424 e. The minimum absolute atomic E-state index is 0.179. The second-order valence-corrected chi connectivity index (χ2v) is 10.8. The number of hydrogen-bond acceptors (Lipinski definition) is 7. The fourth-order valence-electron chi connectivity index (χ4n) is 5.30. The number of anilines is 1. The van der Waals surface area contributed by atoms with Crippen molar-refractivity contribution in [1.82, 2.24) is 9.47 Å². The lowest BCUT2D eigenvalue weighted by Crippen LogP contribution is -2.36. The molecule has 2 aliphatic heterocycles. The lowest BCUT2D eigenvalue weighted by Gasteiger charge is -2.29. The predicted molar refractivity (Wildman–Crippen MR) is 159 cm³/mol. The molecule has 2 amide bonds. The second kappa shape index (κ2) is 11.3. The van der Waals surface area contributed by atoms with Gasteiger partial charge in [0.25, 0.3) is 18.2 Å². The largest absolute Gasteiger partial charge is 0.489 e. The van der Waals surface area contributed by atoms with Crippen LogP contribution in [0.3, 0.4) is 0 Å². The van der Waals surface area contributed by atoms with Gasteiger partial charge in [-0.25, -0.2) is 9.59 Å². The highest BCUT2D eigenvalue weighted by Crippen LogP contribution is 2.35. The van der Waals surface area contributed by atoms with Crippen molar-refractivity contribution in [3.8, 4) is 17.0 Å². The summed E-state index contributed by atoms with van der Waals surface area (Å²) in [6.45, 7) is 3.19. The monoisotopic (exact) mass is 583 g/mol. The summed E-state index contributed by atoms with van der Waals surface area (Å²) in [6.07, 6.45) is 0.0890. The third kappa shape index (κ3) is 5.21. The molecule has 0 radical (unpaired) electrons. The Morgan fingerprint density at radius 1 is 0.976 bits per heavy atom. The Kier molecular flexibility index (Phi) is 7.38. The Morgan fingerprint density at radius 3 is 2.48 bits per heavy atom. The molecule has 3 bridgehead atoms. The topological polar surface area (TPSA) is 90.3 Å². The van der Waals surface area contributed by atoms with Crippen LogP contribution in [0.15, 0.2) is 72.8 Å². The molecule has 214 valence electrons. The molecule has 0 saturated carbocycles. The van der Waals surface area contributed by atoms with Crippen LogP contribution in [0.4, 0.5) is 10.5 Å². The molecule has 0 spiro atoms. The van der Waals surface area contributed by atoms with Gasteiger partial charge in [-0.3, -0.25) is 4.79 Å². The van der Waals surface area contributed by atoms with Gasteiger partial charge in [0.2, 0.25) is 0 Å². The van der Waals surface area contributed by atoms with Crippen molar-refractivity contribution in [3.05, 3.63) is 106 Å². The zero-order chi connectivity index (χ0) is 29.4. The van der Waals surface area contributed by atoms with Crippen molar-refractivity contribution in [3.63, 3.8) is 0 Å². The molecule has 3 aromatic carbocycles. The van der Waals surface area contributed by atoms with Crippen LogP contribution >= 0.6 is 12.3 Å². The Hall–Kier alpha value is -4.70. The van der Waals surface area contributed by atoms with E-state index in [1.807, 2.05) is 85.3 Å². The zero-order valence-corrected chi connectivity index (χ0v) is 24.3. The minimum Gasteiger partial charge on any atom is -0.489 e. The van der Waals surface area contributed by atoms with Crippen LogP contribution < -0.4 is 9.64 Å². The average Bonchev–Trinajstić information content (AvgIpc) is 3.31.